The van der Waals surface area contributed by atoms with Crippen LogP contribution in [0.25, 0.3) is 10.9 Å². The van der Waals surface area contributed by atoms with Gasteiger partial charge in [0.25, 0.3) is 5.56 Å². The first-order valence-electron chi connectivity index (χ1n) is 8.57. The first-order valence-corrected chi connectivity index (χ1v) is 8.95. The Morgan fingerprint density at radius 2 is 1.70 bits per heavy atom. The van der Waals surface area contributed by atoms with Crippen LogP contribution < -0.4 is 10.9 Å². The summed E-state index contributed by atoms with van der Waals surface area (Å²) < 4.78 is 0. The smallest absolute Gasteiger partial charge is 0.251 e. The van der Waals surface area contributed by atoms with Gasteiger partial charge >= 0.3 is 0 Å². The van der Waals surface area contributed by atoms with E-state index in [-0.39, 0.29) is 30.1 Å². The molecule has 0 atom stereocenters. The number of halogens is 1. The Labute approximate surface area is 161 Å². The predicted octanol–water partition coefficient (Wildman–Crippen LogP) is 4.40. The number of Topliss-reactive ketones (excluding diaryl/α,β-unsaturated/α-hetero) is 1. The predicted molar refractivity (Wildman–Crippen MR) is 108 cm³/mol. The number of nitrogens with one attached hydrogen (secondary N) is 2. The molecule has 5 nitrogen and oxygen atoms in total. The first kappa shape index (κ1) is 18.9. The third-order valence-electron chi connectivity index (χ3n) is 4.60. The highest BCUT2D eigenvalue weighted by atomic mass is 35.5. The average molecular weight is 383 g/mol. The lowest BCUT2D eigenvalue weighted by Gasteiger charge is -2.09. The second-order valence-corrected chi connectivity index (χ2v) is 6.88. The van der Waals surface area contributed by atoms with Gasteiger partial charge in [-0.15, -0.1) is 0 Å². The standard InChI is InChI=1S/C21H19ClN2O3/c1-12-13(2)21(27)24-18-11-16(7-8-17(12)18)23-20(26)10-9-19(25)14-3-5-15(22)6-4-14/h3-8,11H,9-10H2,1-2H3,(H,23,26)(H,24,27). The molecule has 0 aliphatic carbocycles. The number of carbonyl (C=O) groups excluding carboxylic acids is 2. The third kappa shape index (κ3) is 4.26. The first-order chi connectivity index (χ1) is 12.8. The highest BCUT2D eigenvalue weighted by molar-refractivity contribution is 6.30. The molecule has 0 spiro atoms. The molecule has 0 bridgehead atoms. The number of aromatic amines is 1. The number of aryl methyl sites for hydroxylation is 1. The van der Waals surface area contributed by atoms with Crippen LogP contribution in [-0.2, 0) is 4.79 Å². The molecule has 2 N–H and O–H groups in total. The van der Waals surface area contributed by atoms with Gasteiger partial charge in [0.2, 0.25) is 5.91 Å². The van der Waals surface area contributed by atoms with Crippen LogP contribution >= 0.6 is 11.6 Å². The van der Waals surface area contributed by atoms with Crippen molar-refractivity contribution in [1.29, 1.82) is 0 Å². The van der Waals surface area contributed by atoms with Crippen molar-refractivity contribution >= 4 is 39.9 Å². The Balaban J connectivity index is 1.67. The number of carbonyl (C=O) groups is 2. The molecule has 0 saturated carbocycles. The van der Waals surface area contributed by atoms with Gasteiger partial charge in [0.05, 0.1) is 5.52 Å². The summed E-state index contributed by atoms with van der Waals surface area (Å²) in [5.74, 6) is -0.376. The van der Waals surface area contributed by atoms with Crippen molar-refractivity contribution in [3.8, 4) is 0 Å². The fourth-order valence-electron chi connectivity index (χ4n) is 2.87. The molecule has 0 aliphatic heterocycles. The van der Waals surface area contributed by atoms with Crippen LogP contribution in [0.1, 0.15) is 34.3 Å². The zero-order valence-electron chi connectivity index (χ0n) is 15.1. The van der Waals surface area contributed by atoms with E-state index >= 15 is 0 Å². The molecule has 6 heteroatoms. The second-order valence-electron chi connectivity index (χ2n) is 6.44. The lowest BCUT2D eigenvalue weighted by Crippen LogP contribution is -2.14. The topological polar surface area (TPSA) is 79.0 Å². The summed E-state index contributed by atoms with van der Waals surface area (Å²) >= 11 is 5.81. The summed E-state index contributed by atoms with van der Waals surface area (Å²) in [6, 6.07) is 12.0. The van der Waals surface area contributed by atoms with Crippen LogP contribution in [0.15, 0.2) is 47.3 Å². The number of pyridine rings is 1. The molecule has 3 aromatic rings. The highest BCUT2D eigenvalue weighted by Crippen LogP contribution is 2.21. The molecule has 0 saturated heterocycles. The number of amides is 1. The van der Waals surface area contributed by atoms with E-state index in [0.29, 0.717) is 27.4 Å². The van der Waals surface area contributed by atoms with Crippen LogP contribution in [0, 0.1) is 13.8 Å². The van der Waals surface area contributed by atoms with Crippen molar-refractivity contribution in [1.82, 2.24) is 4.98 Å². The van der Waals surface area contributed by atoms with E-state index in [1.165, 1.54) is 0 Å². The van der Waals surface area contributed by atoms with Gasteiger partial charge in [-0.1, -0.05) is 17.7 Å². The molecular weight excluding hydrogens is 364 g/mol. The monoisotopic (exact) mass is 382 g/mol. The summed E-state index contributed by atoms with van der Waals surface area (Å²) in [6.45, 7) is 3.68. The fraction of sp³-hybridized carbons (Fsp3) is 0.190. The molecular formula is C21H19ClN2O3. The van der Waals surface area contributed by atoms with Crippen LogP contribution in [0.4, 0.5) is 5.69 Å². The number of hydrogen-bond donors (Lipinski definition) is 2. The summed E-state index contributed by atoms with van der Waals surface area (Å²) in [4.78, 5) is 39.1. The summed E-state index contributed by atoms with van der Waals surface area (Å²) in [7, 11) is 0. The number of fused-ring (bicyclic) bond motifs is 1. The van der Waals surface area contributed by atoms with Gasteiger partial charge in [-0.25, -0.2) is 0 Å². The van der Waals surface area contributed by atoms with Gasteiger partial charge in [0.1, 0.15) is 0 Å². The molecule has 0 unspecified atom stereocenters. The largest absolute Gasteiger partial charge is 0.326 e. The molecule has 0 fully saturated rings. The zero-order chi connectivity index (χ0) is 19.6. The van der Waals surface area contributed by atoms with E-state index in [0.717, 1.165) is 10.9 Å². The minimum Gasteiger partial charge on any atom is -0.326 e. The molecule has 138 valence electrons. The lowest BCUT2D eigenvalue weighted by molar-refractivity contribution is -0.116. The third-order valence-corrected chi connectivity index (χ3v) is 4.86. The molecule has 1 heterocycles. The van der Waals surface area contributed by atoms with Crippen molar-refractivity contribution in [2.24, 2.45) is 0 Å². The highest BCUT2D eigenvalue weighted by Gasteiger charge is 2.11. The van der Waals surface area contributed by atoms with Crippen molar-refractivity contribution < 1.29 is 9.59 Å². The number of H-pyrrole nitrogens is 1. The number of rotatable bonds is 5. The Morgan fingerprint density at radius 3 is 2.41 bits per heavy atom. The lowest BCUT2D eigenvalue weighted by atomic mass is 10.1. The van der Waals surface area contributed by atoms with Gasteiger partial charge in [-0.3, -0.25) is 14.4 Å². The van der Waals surface area contributed by atoms with Gasteiger partial charge in [0.15, 0.2) is 5.78 Å². The number of anilines is 1. The second kappa shape index (κ2) is 7.76. The minimum absolute atomic E-state index is 0.0724. The minimum atomic E-state index is -0.261. The normalized spacial score (nSPS) is 10.8. The molecule has 1 aromatic heterocycles. The fourth-order valence-corrected chi connectivity index (χ4v) is 3.00. The van der Waals surface area contributed by atoms with E-state index in [9.17, 15) is 14.4 Å². The zero-order valence-corrected chi connectivity index (χ0v) is 15.8. The Kier molecular flexibility index (Phi) is 5.42. The molecule has 27 heavy (non-hydrogen) atoms. The van der Waals surface area contributed by atoms with Crippen LogP contribution in [-0.4, -0.2) is 16.7 Å². The van der Waals surface area contributed by atoms with Crippen molar-refractivity contribution in [2.75, 3.05) is 5.32 Å². The number of ketones is 1. The Bertz CT molecular complexity index is 1090. The van der Waals surface area contributed by atoms with Crippen LogP contribution in [0.3, 0.4) is 0 Å². The summed E-state index contributed by atoms with van der Waals surface area (Å²) in [6.07, 6.45) is 0.180. The van der Waals surface area contributed by atoms with Gasteiger partial charge in [-0.05, 0) is 55.8 Å². The number of benzene rings is 2. The molecule has 0 aliphatic rings. The van der Waals surface area contributed by atoms with Crippen molar-refractivity contribution in [3.63, 3.8) is 0 Å². The molecule has 2 aromatic carbocycles. The molecule has 1 amide bonds. The Hall–Kier alpha value is -2.92. The van der Waals surface area contributed by atoms with Crippen LogP contribution in [0.2, 0.25) is 5.02 Å². The van der Waals surface area contributed by atoms with Crippen molar-refractivity contribution in [3.05, 3.63) is 74.5 Å². The maximum atomic E-state index is 12.2. The number of aromatic nitrogens is 1. The van der Waals surface area contributed by atoms with E-state index in [4.69, 9.17) is 11.6 Å². The van der Waals surface area contributed by atoms with E-state index in [2.05, 4.69) is 10.3 Å². The van der Waals surface area contributed by atoms with Gasteiger partial charge in [-0.2, -0.15) is 0 Å². The quantitative estimate of drug-likeness (QED) is 0.642. The van der Waals surface area contributed by atoms with E-state index < -0.39 is 0 Å². The SMILES string of the molecule is Cc1c(C)c2ccc(NC(=O)CCC(=O)c3ccc(Cl)cc3)cc2[nH]c1=O. The van der Waals surface area contributed by atoms with Gasteiger partial charge in [0, 0.05) is 40.1 Å². The average Bonchev–Trinajstić information content (AvgIpc) is 2.65. The maximum Gasteiger partial charge on any atom is 0.251 e. The summed E-state index contributed by atoms with van der Waals surface area (Å²) in [5, 5.41) is 4.26. The molecule has 0 radical (unpaired) electrons. The molecule has 3 rings (SSSR count). The van der Waals surface area contributed by atoms with Gasteiger partial charge < -0.3 is 10.3 Å². The van der Waals surface area contributed by atoms with Crippen molar-refractivity contribution in [2.45, 2.75) is 26.7 Å². The maximum absolute atomic E-state index is 12.2. The van der Waals surface area contributed by atoms with E-state index in [1.54, 1.807) is 43.3 Å². The summed E-state index contributed by atoms with van der Waals surface area (Å²) in [5.41, 5.74) is 3.22. The number of hydrogen-bond acceptors (Lipinski definition) is 3. The van der Waals surface area contributed by atoms with Crippen LogP contribution in [0.5, 0.6) is 0 Å². The Morgan fingerprint density at radius 1 is 1.00 bits per heavy atom. The van der Waals surface area contributed by atoms with E-state index in [1.807, 2.05) is 13.0 Å².